The molecule has 2 heterocycles. The molecule has 1 aliphatic rings. The predicted octanol–water partition coefficient (Wildman–Crippen LogP) is 3.99. The van der Waals surface area contributed by atoms with E-state index in [1.165, 1.54) is 0 Å². The summed E-state index contributed by atoms with van der Waals surface area (Å²) in [6, 6.07) is 6.97. The fourth-order valence-corrected chi connectivity index (χ4v) is 3.79. The van der Waals surface area contributed by atoms with Gasteiger partial charge in [-0.1, -0.05) is 31.8 Å². The van der Waals surface area contributed by atoms with E-state index in [0.29, 0.717) is 19.1 Å². The first-order valence-electron chi connectivity index (χ1n) is 9.56. The van der Waals surface area contributed by atoms with Crippen molar-refractivity contribution in [1.82, 2.24) is 10.3 Å². The summed E-state index contributed by atoms with van der Waals surface area (Å²) in [4.78, 5) is 16.2. The number of hydrogen-bond donors (Lipinski definition) is 1. The van der Waals surface area contributed by atoms with Gasteiger partial charge in [0.25, 0.3) is 0 Å². The highest BCUT2D eigenvalue weighted by molar-refractivity contribution is 6.76. The van der Waals surface area contributed by atoms with Crippen LogP contribution in [0.2, 0.25) is 25.7 Å². The lowest BCUT2D eigenvalue weighted by Gasteiger charge is -2.27. The highest BCUT2D eigenvalue weighted by Gasteiger charge is 2.25. The third-order valence-corrected chi connectivity index (χ3v) is 6.28. The van der Waals surface area contributed by atoms with Crippen molar-refractivity contribution in [3.05, 3.63) is 41.8 Å². The molecule has 1 unspecified atom stereocenters. The van der Waals surface area contributed by atoms with Crippen molar-refractivity contribution in [1.29, 1.82) is 0 Å². The summed E-state index contributed by atoms with van der Waals surface area (Å²) in [5.74, 6) is 0.589. The van der Waals surface area contributed by atoms with Crippen LogP contribution in [0.1, 0.15) is 17.2 Å². The molecule has 0 spiro atoms. The second-order valence-corrected chi connectivity index (χ2v) is 13.6. The molecule has 7 nitrogen and oxygen atoms in total. The number of benzene rings is 1. The molecular formula is C20H28N2O5Si. The van der Waals surface area contributed by atoms with Gasteiger partial charge in [-0.05, 0) is 29.7 Å². The molecule has 2 aromatic rings. The molecule has 1 aromatic carbocycles. The number of nitrogens with zero attached hydrogens (tertiary/aromatic N) is 1. The Morgan fingerprint density at radius 2 is 2.21 bits per heavy atom. The van der Waals surface area contributed by atoms with E-state index in [1.54, 1.807) is 12.5 Å². The maximum absolute atomic E-state index is 11.9. The molecule has 152 valence electrons. The zero-order valence-corrected chi connectivity index (χ0v) is 17.7. The van der Waals surface area contributed by atoms with Gasteiger partial charge in [0.05, 0.1) is 12.8 Å². The van der Waals surface area contributed by atoms with Gasteiger partial charge in [0.2, 0.25) is 5.89 Å². The van der Waals surface area contributed by atoms with E-state index in [-0.39, 0.29) is 19.4 Å². The molecule has 1 aliphatic heterocycles. The van der Waals surface area contributed by atoms with Crippen molar-refractivity contribution < 1.29 is 23.4 Å². The van der Waals surface area contributed by atoms with Crippen molar-refractivity contribution >= 4 is 14.2 Å². The van der Waals surface area contributed by atoms with E-state index >= 15 is 0 Å². The third-order valence-electron chi connectivity index (χ3n) is 4.57. The fraction of sp³-hybridized carbons (Fsp3) is 0.500. The first-order chi connectivity index (χ1) is 13.4. The van der Waals surface area contributed by atoms with Crippen LogP contribution in [-0.4, -0.2) is 45.7 Å². The van der Waals surface area contributed by atoms with Gasteiger partial charge in [0, 0.05) is 20.2 Å². The largest absolute Gasteiger partial charge is 0.446 e. The fourth-order valence-electron chi connectivity index (χ4n) is 3.04. The average molecular weight is 405 g/mol. The van der Waals surface area contributed by atoms with Gasteiger partial charge < -0.3 is 18.6 Å². The van der Waals surface area contributed by atoms with E-state index < -0.39 is 14.2 Å². The van der Waals surface area contributed by atoms with E-state index in [9.17, 15) is 4.79 Å². The van der Waals surface area contributed by atoms with Crippen LogP contribution in [-0.2, 0) is 20.6 Å². The topological polar surface area (TPSA) is 82.8 Å². The normalized spacial score (nSPS) is 16.5. The van der Waals surface area contributed by atoms with Crippen LogP contribution >= 0.6 is 0 Å². The molecule has 0 saturated carbocycles. The summed E-state index contributed by atoms with van der Waals surface area (Å²) in [6.45, 7) is 8.36. The van der Waals surface area contributed by atoms with E-state index in [1.807, 2.05) is 18.2 Å². The number of amides is 1. The van der Waals surface area contributed by atoms with Gasteiger partial charge in [0.15, 0.2) is 0 Å². The van der Waals surface area contributed by atoms with Crippen LogP contribution in [0.5, 0.6) is 0 Å². The lowest BCUT2D eigenvalue weighted by molar-refractivity contribution is -0.00589. The van der Waals surface area contributed by atoms with Crippen LogP contribution in [0.15, 0.2) is 35.1 Å². The van der Waals surface area contributed by atoms with E-state index in [0.717, 1.165) is 29.2 Å². The Balaban J connectivity index is 1.50. The number of carbonyl (C=O) groups is 1. The van der Waals surface area contributed by atoms with Crippen molar-refractivity contribution in [3.8, 4) is 11.5 Å². The number of oxazole rings is 1. The molecule has 1 aromatic heterocycles. The monoisotopic (exact) mass is 404 g/mol. The summed E-state index contributed by atoms with van der Waals surface area (Å²) in [6.07, 6.45) is 3.14. The Labute approximate surface area is 166 Å². The highest BCUT2D eigenvalue weighted by Crippen LogP contribution is 2.34. The van der Waals surface area contributed by atoms with Gasteiger partial charge in [0.1, 0.15) is 25.7 Å². The summed E-state index contributed by atoms with van der Waals surface area (Å²) in [7, 11) is -1.13. The lowest BCUT2D eigenvalue weighted by atomic mass is 9.93. The zero-order chi connectivity index (χ0) is 20.0. The van der Waals surface area contributed by atoms with Crippen LogP contribution in [0.25, 0.3) is 11.5 Å². The van der Waals surface area contributed by atoms with E-state index in [4.69, 9.17) is 18.6 Å². The Morgan fingerprint density at radius 3 is 2.96 bits per heavy atom. The number of rotatable bonds is 8. The average Bonchev–Trinajstić information content (AvgIpc) is 3.19. The summed E-state index contributed by atoms with van der Waals surface area (Å²) in [5, 5.41) is 2.62. The zero-order valence-electron chi connectivity index (χ0n) is 16.7. The lowest BCUT2D eigenvalue weighted by Crippen LogP contribution is -2.31. The highest BCUT2D eigenvalue weighted by atomic mass is 28.3. The van der Waals surface area contributed by atoms with Crippen molar-refractivity contribution in [2.45, 2.75) is 38.2 Å². The van der Waals surface area contributed by atoms with Crippen molar-refractivity contribution in [3.63, 3.8) is 0 Å². The second kappa shape index (κ2) is 9.36. The molecule has 0 saturated heterocycles. The van der Waals surface area contributed by atoms with Crippen LogP contribution in [0.4, 0.5) is 4.79 Å². The molecule has 8 heteroatoms. The molecule has 0 bridgehead atoms. The molecule has 0 fully saturated rings. The molecule has 3 rings (SSSR count). The summed E-state index contributed by atoms with van der Waals surface area (Å²) >= 11 is 0. The van der Waals surface area contributed by atoms with Crippen LogP contribution in [0.3, 0.4) is 0 Å². The number of alkyl carbamates (subject to hydrolysis) is 1. The third kappa shape index (κ3) is 5.67. The minimum absolute atomic E-state index is 0.142. The molecule has 0 aliphatic carbocycles. The number of nitrogens with one attached hydrogen (secondary N) is 1. The molecule has 1 atom stereocenters. The number of carbonyl (C=O) groups excluding carboxylic acids is 1. The van der Waals surface area contributed by atoms with Gasteiger partial charge in [-0.15, -0.1) is 0 Å². The first kappa shape index (κ1) is 20.6. The van der Waals surface area contributed by atoms with Crippen molar-refractivity contribution in [2.75, 3.05) is 26.6 Å². The minimum Gasteiger partial charge on any atom is -0.446 e. The van der Waals surface area contributed by atoms with Crippen LogP contribution in [0, 0.1) is 0 Å². The SMILES string of the molecule is C[Si](C)(C)CCOCNC(=O)OCC1OCCc2c(-c3ncco3)cccc21. The smallest absolute Gasteiger partial charge is 0.409 e. The number of hydrogen-bond acceptors (Lipinski definition) is 6. The first-order valence-corrected chi connectivity index (χ1v) is 13.3. The number of fused-ring (bicyclic) bond motifs is 1. The summed E-state index contributed by atoms with van der Waals surface area (Å²) in [5.41, 5.74) is 3.08. The molecule has 0 radical (unpaired) electrons. The quantitative estimate of drug-likeness (QED) is 0.407. The Morgan fingerprint density at radius 1 is 1.36 bits per heavy atom. The maximum Gasteiger partial charge on any atom is 0.409 e. The van der Waals surface area contributed by atoms with Gasteiger partial charge in [-0.25, -0.2) is 9.78 Å². The molecular weight excluding hydrogens is 376 g/mol. The predicted molar refractivity (Wildman–Crippen MR) is 108 cm³/mol. The number of aromatic nitrogens is 1. The Hall–Kier alpha value is -2.16. The number of ether oxygens (including phenoxy) is 3. The Kier molecular flexibility index (Phi) is 6.87. The molecule has 1 N–H and O–H groups in total. The standard InChI is InChI=1S/C20H28N2O5Si/c1-28(2,3)12-11-24-14-22-20(23)27-13-18-16-5-4-6-17(15(16)7-9-25-18)19-21-8-10-26-19/h4-6,8,10,18H,7,9,11-14H2,1-3H3,(H,22,23). The van der Waals surface area contributed by atoms with Gasteiger partial charge in [-0.2, -0.15) is 0 Å². The maximum atomic E-state index is 11.9. The molecule has 28 heavy (non-hydrogen) atoms. The van der Waals surface area contributed by atoms with Gasteiger partial charge in [-0.3, -0.25) is 5.32 Å². The second-order valence-electron chi connectivity index (χ2n) is 7.96. The van der Waals surface area contributed by atoms with E-state index in [2.05, 4.69) is 29.9 Å². The van der Waals surface area contributed by atoms with Gasteiger partial charge >= 0.3 is 6.09 Å². The van der Waals surface area contributed by atoms with Crippen molar-refractivity contribution in [2.24, 2.45) is 0 Å². The molecule has 1 amide bonds. The Bertz CT molecular complexity index is 773. The minimum atomic E-state index is -1.13. The van der Waals surface area contributed by atoms with Crippen LogP contribution < -0.4 is 5.32 Å². The summed E-state index contributed by atoms with van der Waals surface area (Å²) < 4.78 is 22.1.